The number of nitrogens with one attached hydrogen (secondary N) is 1. The van der Waals surface area contributed by atoms with Gasteiger partial charge in [0.25, 0.3) is 11.6 Å². The predicted molar refractivity (Wildman–Crippen MR) is 115 cm³/mol. The van der Waals surface area contributed by atoms with Gasteiger partial charge in [0.05, 0.1) is 11.0 Å². The highest BCUT2D eigenvalue weighted by Gasteiger charge is 2.26. The van der Waals surface area contributed by atoms with Crippen molar-refractivity contribution in [3.63, 3.8) is 0 Å². The monoisotopic (exact) mass is 430 g/mol. The van der Waals surface area contributed by atoms with E-state index in [9.17, 15) is 19.7 Å². The van der Waals surface area contributed by atoms with E-state index in [1.54, 1.807) is 29.2 Å². The molecule has 1 aliphatic heterocycles. The lowest BCUT2D eigenvalue weighted by molar-refractivity contribution is -0.384. The number of nitrogens with zero attached hydrogens (tertiary/aromatic N) is 3. The summed E-state index contributed by atoms with van der Waals surface area (Å²) in [5.41, 5.74) is 1.42. The third-order valence-electron chi connectivity index (χ3n) is 5.22. The quantitative estimate of drug-likeness (QED) is 0.579. The average Bonchev–Trinajstić information content (AvgIpc) is 2.73. The Morgan fingerprint density at radius 2 is 1.73 bits per heavy atom. The Hall–Kier alpha value is -3.13. The van der Waals surface area contributed by atoms with Crippen molar-refractivity contribution >= 4 is 34.8 Å². The zero-order valence-corrected chi connectivity index (χ0v) is 17.6. The lowest BCUT2D eigenvalue weighted by Crippen LogP contribution is -2.48. The summed E-state index contributed by atoms with van der Waals surface area (Å²) in [6.07, 6.45) is 0. The van der Waals surface area contributed by atoms with Gasteiger partial charge in [-0.3, -0.25) is 19.7 Å². The van der Waals surface area contributed by atoms with E-state index in [2.05, 4.69) is 5.32 Å². The number of carbonyl (C=O) groups is 2. The molecule has 0 aliphatic carbocycles. The van der Waals surface area contributed by atoms with Gasteiger partial charge in [-0.2, -0.15) is 0 Å². The number of halogens is 1. The van der Waals surface area contributed by atoms with Gasteiger partial charge >= 0.3 is 0 Å². The second kappa shape index (κ2) is 9.13. The first-order valence-electron chi connectivity index (χ1n) is 9.61. The van der Waals surface area contributed by atoms with Crippen molar-refractivity contribution in [2.45, 2.75) is 19.9 Å². The molecule has 2 aromatic carbocycles. The van der Waals surface area contributed by atoms with Gasteiger partial charge in [-0.25, -0.2) is 0 Å². The third kappa shape index (κ3) is 4.88. The van der Waals surface area contributed by atoms with Crippen molar-refractivity contribution in [2.75, 3.05) is 31.1 Å². The van der Waals surface area contributed by atoms with Gasteiger partial charge in [-0.1, -0.05) is 23.7 Å². The van der Waals surface area contributed by atoms with Crippen LogP contribution in [0.1, 0.15) is 35.8 Å². The molecule has 8 nitrogen and oxygen atoms in total. The minimum absolute atomic E-state index is 0.00836. The van der Waals surface area contributed by atoms with Gasteiger partial charge in [0, 0.05) is 49.8 Å². The number of rotatable bonds is 5. The van der Waals surface area contributed by atoms with E-state index in [4.69, 9.17) is 11.6 Å². The summed E-state index contributed by atoms with van der Waals surface area (Å²) in [7, 11) is 0. The fourth-order valence-corrected chi connectivity index (χ4v) is 3.58. The highest BCUT2D eigenvalue weighted by atomic mass is 35.5. The summed E-state index contributed by atoms with van der Waals surface area (Å²) < 4.78 is 0. The molecule has 0 radical (unpaired) electrons. The summed E-state index contributed by atoms with van der Waals surface area (Å²) >= 11 is 5.89. The molecule has 158 valence electrons. The Morgan fingerprint density at radius 3 is 2.30 bits per heavy atom. The second-order valence-electron chi connectivity index (χ2n) is 7.20. The standard InChI is InChI=1S/C21H23ClN4O4/c1-14(16-3-6-18(22)7-4-16)23-21(28)17-5-8-19(20(13-17)26(29)30)25-11-9-24(10-12-25)15(2)27/h3-8,13-14H,9-12H2,1-2H3,(H,23,28)/t14-/m0/s1. The Kier molecular flexibility index (Phi) is 6.56. The number of hydrogen-bond acceptors (Lipinski definition) is 5. The SMILES string of the molecule is CC(=O)N1CCN(c2ccc(C(=O)N[C@@H](C)c3ccc(Cl)cc3)cc2[N+](=O)[O-])CC1. The predicted octanol–water partition coefficient (Wildman–Crippen LogP) is 3.41. The van der Waals surface area contributed by atoms with Crippen LogP contribution in [0.3, 0.4) is 0 Å². The number of nitro benzene ring substituents is 1. The number of amides is 2. The van der Waals surface area contributed by atoms with Crippen LogP contribution in [-0.2, 0) is 4.79 Å². The molecule has 1 saturated heterocycles. The fraction of sp³-hybridized carbons (Fsp3) is 0.333. The minimum atomic E-state index is -0.480. The number of benzene rings is 2. The van der Waals surface area contributed by atoms with Gasteiger partial charge in [-0.05, 0) is 36.8 Å². The maximum atomic E-state index is 12.7. The highest BCUT2D eigenvalue weighted by Crippen LogP contribution is 2.30. The highest BCUT2D eigenvalue weighted by molar-refractivity contribution is 6.30. The van der Waals surface area contributed by atoms with Crippen molar-refractivity contribution in [3.05, 3.63) is 68.7 Å². The molecule has 1 heterocycles. The molecular formula is C21H23ClN4O4. The van der Waals surface area contributed by atoms with Crippen LogP contribution in [0.4, 0.5) is 11.4 Å². The molecule has 0 saturated carbocycles. The van der Waals surface area contributed by atoms with Crippen LogP contribution >= 0.6 is 11.6 Å². The Labute approximate surface area is 179 Å². The fourth-order valence-electron chi connectivity index (χ4n) is 3.46. The molecule has 9 heteroatoms. The van der Waals surface area contributed by atoms with E-state index in [1.807, 2.05) is 24.0 Å². The van der Waals surface area contributed by atoms with E-state index < -0.39 is 10.8 Å². The molecule has 30 heavy (non-hydrogen) atoms. The number of nitro groups is 1. The Bertz CT molecular complexity index is 956. The molecule has 2 aromatic rings. The molecule has 1 fully saturated rings. The summed E-state index contributed by atoms with van der Waals surface area (Å²) in [6, 6.07) is 11.3. The van der Waals surface area contributed by atoms with Crippen molar-refractivity contribution < 1.29 is 14.5 Å². The van der Waals surface area contributed by atoms with Crippen molar-refractivity contribution in [3.8, 4) is 0 Å². The molecule has 0 aromatic heterocycles. The molecule has 2 amide bonds. The first kappa shape index (κ1) is 21.6. The molecule has 3 rings (SSSR count). The molecule has 0 bridgehead atoms. The molecule has 1 N–H and O–H groups in total. The maximum Gasteiger partial charge on any atom is 0.293 e. The smallest absolute Gasteiger partial charge is 0.293 e. The van der Waals surface area contributed by atoms with Crippen molar-refractivity contribution in [2.24, 2.45) is 0 Å². The van der Waals surface area contributed by atoms with Crippen LogP contribution in [0.25, 0.3) is 0 Å². The van der Waals surface area contributed by atoms with Crippen molar-refractivity contribution in [1.29, 1.82) is 0 Å². The van der Waals surface area contributed by atoms with E-state index >= 15 is 0 Å². The van der Waals surface area contributed by atoms with Crippen LogP contribution in [0, 0.1) is 10.1 Å². The summed E-state index contributed by atoms with van der Waals surface area (Å²) in [6.45, 7) is 5.36. The molecule has 1 aliphatic rings. The second-order valence-corrected chi connectivity index (χ2v) is 7.64. The third-order valence-corrected chi connectivity index (χ3v) is 5.47. The Morgan fingerprint density at radius 1 is 1.10 bits per heavy atom. The number of piperazine rings is 1. The number of carbonyl (C=O) groups excluding carboxylic acids is 2. The lowest BCUT2D eigenvalue weighted by atomic mass is 10.1. The van der Waals surface area contributed by atoms with Crippen LogP contribution < -0.4 is 10.2 Å². The average molecular weight is 431 g/mol. The zero-order chi connectivity index (χ0) is 21.8. The van der Waals surface area contributed by atoms with Gasteiger partial charge in [-0.15, -0.1) is 0 Å². The van der Waals surface area contributed by atoms with E-state index in [0.29, 0.717) is 36.9 Å². The summed E-state index contributed by atoms with van der Waals surface area (Å²) in [5.74, 6) is -0.403. The van der Waals surface area contributed by atoms with Gasteiger partial charge in [0.1, 0.15) is 5.69 Å². The first-order chi connectivity index (χ1) is 14.3. The number of hydrogen-bond donors (Lipinski definition) is 1. The topological polar surface area (TPSA) is 95.8 Å². The molecule has 0 unspecified atom stereocenters. The van der Waals surface area contributed by atoms with Crippen LogP contribution in [0.15, 0.2) is 42.5 Å². The van der Waals surface area contributed by atoms with Gasteiger partial charge < -0.3 is 15.1 Å². The summed E-state index contributed by atoms with van der Waals surface area (Å²) in [4.78, 5) is 38.9. The molecular weight excluding hydrogens is 408 g/mol. The van der Waals surface area contributed by atoms with Crippen LogP contribution in [-0.4, -0.2) is 47.8 Å². The van der Waals surface area contributed by atoms with Gasteiger partial charge in [0.15, 0.2) is 0 Å². The van der Waals surface area contributed by atoms with Crippen molar-refractivity contribution in [1.82, 2.24) is 10.2 Å². The van der Waals surface area contributed by atoms with Gasteiger partial charge in [0.2, 0.25) is 5.91 Å². The van der Waals surface area contributed by atoms with E-state index in [1.165, 1.54) is 13.0 Å². The van der Waals surface area contributed by atoms with E-state index in [0.717, 1.165) is 5.56 Å². The molecule has 1 atom stereocenters. The zero-order valence-electron chi connectivity index (χ0n) is 16.8. The maximum absolute atomic E-state index is 12.7. The largest absolute Gasteiger partial charge is 0.362 e. The summed E-state index contributed by atoms with van der Waals surface area (Å²) in [5, 5.41) is 15.1. The number of anilines is 1. The molecule has 0 spiro atoms. The van der Waals surface area contributed by atoms with Crippen LogP contribution in [0.2, 0.25) is 5.02 Å². The lowest BCUT2D eigenvalue weighted by Gasteiger charge is -2.35. The minimum Gasteiger partial charge on any atom is -0.362 e. The van der Waals surface area contributed by atoms with Crippen LogP contribution in [0.5, 0.6) is 0 Å². The normalized spacial score (nSPS) is 14.9. The Balaban J connectivity index is 1.76. The first-order valence-corrected chi connectivity index (χ1v) is 9.99. The van der Waals surface area contributed by atoms with E-state index in [-0.39, 0.29) is 23.2 Å².